The van der Waals surface area contributed by atoms with Crippen LogP contribution in [0.25, 0.3) is 22.3 Å². The standard InChI is InChI=1S/C18H14BF2N/c1-13-6-8-15(9-7-13)17(19(20)21)12-18-16-5-3-2-4-14(16)10-11-22-18/h2-12H,1H3/b17-12+. The first kappa shape index (κ1) is 14.5. The van der Waals surface area contributed by atoms with Gasteiger partial charge in [-0.25, -0.2) is 0 Å². The number of fused-ring (bicyclic) bond motifs is 1. The molecule has 0 unspecified atom stereocenters. The van der Waals surface area contributed by atoms with Gasteiger partial charge in [0.2, 0.25) is 0 Å². The minimum Gasteiger partial charge on any atom is -0.281 e. The summed E-state index contributed by atoms with van der Waals surface area (Å²) >= 11 is 0. The van der Waals surface area contributed by atoms with E-state index in [1.165, 1.54) is 6.08 Å². The van der Waals surface area contributed by atoms with E-state index in [0.29, 0.717) is 11.3 Å². The Morgan fingerprint density at radius 3 is 2.45 bits per heavy atom. The van der Waals surface area contributed by atoms with Gasteiger partial charge in [-0.3, -0.25) is 13.6 Å². The molecule has 0 saturated heterocycles. The van der Waals surface area contributed by atoms with Gasteiger partial charge >= 0.3 is 7.27 Å². The van der Waals surface area contributed by atoms with Gasteiger partial charge in [-0.1, -0.05) is 54.1 Å². The molecule has 0 saturated carbocycles. The number of hydrogen-bond acceptors (Lipinski definition) is 1. The van der Waals surface area contributed by atoms with E-state index in [2.05, 4.69) is 4.98 Å². The average molecular weight is 293 g/mol. The Balaban J connectivity index is 2.15. The Morgan fingerprint density at radius 2 is 1.73 bits per heavy atom. The Bertz CT molecular complexity index is 821. The molecule has 0 aliphatic rings. The van der Waals surface area contributed by atoms with Crippen LogP contribution < -0.4 is 0 Å². The van der Waals surface area contributed by atoms with Crippen molar-refractivity contribution in [2.45, 2.75) is 6.92 Å². The molecule has 0 fully saturated rings. The fourth-order valence-corrected chi connectivity index (χ4v) is 2.42. The van der Waals surface area contributed by atoms with Crippen LogP contribution in [0.15, 0.2) is 60.8 Å². The molecule has 0 aliphatic carbocycles. The molecule has 1 heterocycles. The lowest BCUT2D eigenvalue weighted by atomic mass is 9.79. The van der Waals surface area contributed by atoms with Gasteiger partial charge in [0.15, 0.2) is 0 Å². The van der Waals surface area contributed by atoms with E-state index in [1.54, 1.807) is 18.3 Å². The largest absolute Gasteiger partial charge is 0.572 e. The van der Waals surface area contributed by atoms with Crippen LogP contribution in [-0.4, -0.2) is 12.3 Å². The van der Waals surface area contributed by atoms with E-state index in [4.69, 9.17) is 0 Å². The van der Waals surface area contributed by atoms with Crippen molar-refractivity contribution in [3.05, 3.63) is 77.6 Å². The van der Waals surface area contributed by atoms with E-state index in [1.807, 2.05) is 49.4 Å². The van der Waals surface area contributed by atoms with Crippen LogP contribution in [0, 0.1) is 6.92 Å². The third-order valence-electron chi connectivity index (χ3n) is 3.62. The maximum absolute atomic E-state index is 13.5. The lowest BCUT2D eigenvalue weighted by molar-refractivity contribution is 0.687. The highest BCUT2D eigenvalue weighted by molar-refractivity contribution is 6.68. The maximum Gasteiger partial charge on any atom is 0.572 e. The predicted octanol–water partition coefficient (Wildman–Crippen LogP) is 5.05. The number of pyridine rings is 1. The Hall–Kier alpha value is -2.49. The van der Waals surface area contributed by atoms with Crippen molar-refractivity contribution in [3.8, 4) is 0 Å². The van der Waals surface area contributed by atoms with E-state index >= 15 is 0 Å². The van der Waals surface area contributed by atoms with Gasteiger partial charge in [0.05, 0.1) is 5.69 Å². The summed E-state index contributed by atoms with van der Waals surface area (Å²) in [6.45, 7) is 1.93. The van der Waals surface area contributed by atoms with E-state index in [9.17, 15) is 8.63 Å². The summed E-state index contributed by atoms with van der Waals surface area (Å²) in [5.41, 5.74) is 2.12. The van der Waals surface area contributed by atoms with Crippen molar-refractivity contribution in [1.82, 2.24) is 4.98 Å². The molecule has 0 amide bonds. The van der Waals surface area contributed by atoms with Crippen LogP contribution in [0.2, 0.25) is 0 Å². The number of aromatic nitrogens is 1. The first-order valence-corrected chi connectivity index (χ1v) is 7.05. The minimum absolute atomic E-state index is 0.0103. The van der Waals surface area contributed by atoms with Crippen LogP contribution in [0.5, 0.6) is 0 Å². The Labute approximate surface area is 128 Å². The highest BCUT2D eigenvalue weighted by Gasteiger charge is 2.22. The highest BCUT2D eigenvalue weighted by Crippen LogP contribution is 2.25. The number of hydrogen-bond donors (Lipinski definition) is 0. The second-order valence-electron chi connectivity index (χ2n) is 5.18. The summed E-state index contributed by atoms with van der Waals surface area (Å²) in [6.07, 6.45) is 3.13. The molecule has 2 aromatic carbocycles. The van der Waals surface area contributed by atoms with Crippen molar-refractivity contribution in [2.75, 3.05) is 0 Å². The SMILES string of the molecule is Cc1ccc(/C(=C\c2nccc3ccccc23)B(F)F)cc1. The number of aryl methyl sites for hydroxylation is 1. The van der Waals surface area contributed by atoms with Gasteiger partial charge in [-0.05, 0) is 30.0 Å². The van der Waals surface area contributed by atoms with Crippen molar-refractivity contribution in [3.63, 3.8) is 0 Å². The zero-order chi connectivity index (χ0) is 15.5. The second kappa shape index (κ2) is 6.10. The first-order chi connectivity index (χ1) is 10.6. The average Bonchev–Trinajstić information content (AvgIpc) is 2.53. The van der Waals surface area contributed by atoms with Crippen molar-refractivity contribution < 1.29 is 8.63 Å². The predicted molar refractivity (Wildman–Crippen MR) is 88.8 cm³/mol. The number of benzene rings is 2. The zero-order valence-electron chi connectivity index (χ0n) is 12.1. The molecule has 1 nitrogen and oxygen atoms in total. The maximum atomic E-state index is 13.5. The summed E-state index contributed by atoms with van der Waals surface area (Å²) in [5, 5.41) is 1.86. The molecule has 0 radical (unpaired) electrons. The normalized spacial score (nSPS) is 11.7. The molecular weight excluding hydrogens is 279 g/mol. The molecule has 3 rings (SSSR count). The summed E-state index contributed by atoms with van der Waals surface area (Å²) in [7, 11) is -2.55. The van der Waals surface area contributed by atoms with E-state index < -0.39 is 7.27 Å². The van der Waals surface area contributed by atoms with E-state index in [-0.39, 0.29) is 5.47 Å². The summed E-state index contributed by atoms with van der Waals surface area (Å²) in [6, 6.07) is 16.6. The highest BCUT2D eigenvalue weighted by atomic mass is 19.2. The molecule has 22 heavy (non-hydrogen) atoms. The van der Waals surface area contributed by atoms with Gasteiger partial charge in [0, 0.05) is 17.1 Å². The third-order valence-corrected chi connectivity index (χ3v) is 3.62. The fraction of sp³-hybridized carbons (Fsp3) is 0.0556. The summed E-state index contributed by atoms with van der Waals surface area (Å²) < 4.78 is 27.0. The van der Waals surface area contributed by atoms with Crippen molar-refractivity contribution in [1.29, 1.82) is 0 Å². The summed E-state index contributed by atoms with van der Waals surface area (Å²) in [4.78, 5) is 4.26. The first-order valence-electron chi connectivity index (χ1n) is 7.05. The number of halogens is 2. The monoisotopic (exact) mass is 293 g/mol. The molecular formula is C18H14BF2N. The van der Waals surface area contributed by atoms with E-state index in [0.717, 1.165) is 16.3 Å². The Kier molecular flexibility index (Phi) is 4.01. The lowest BCUT2D eigenvalue weighted by Gasteiger charge is -2.07. The van der Waals surface area contributed by atoms with Gasteiger partial charge in [0.25, 0.3) is 0 Å². The van der Waals surface area contributed by atoms with Crippen LogP contribution in [0.4, 0.5) is 8.63 Å². The van der Waals surface area contributed by atoms with Crippen molar-refractivity contribution >= 4 is 29.6 Å². The molecule has 0 bridgehead atoms. The number of nitrogens with zero attached hydrogens (tertiary/aromatic N) is 1. The quantitative estimate of drug-likeness (QED) is 0.616. The minimum atomic E-state index is -2.55. The zero-order valence-corrected chi connectivity index (χ0v) is 12.1. The molecule has 0 N–H and O–H groups in total. The molecule has 0 atom stereocenters. The third kappa shape index (κ3) is 2.91. The smallest absolute Gasteiger partial charge is 0.281 e. The second-order valence-corrected chi connectivity index (χ2v) is 5.18. The fourth-order valence-electron chi connectivity index (χ4n) is 2.42. The molecule has 0 aliphatic heterocycles. The lowest BCUT2D eigenvalue weighted by Crippen LogP contribution is -2.02. The summed E-state index contributed by atoms with van der Waals surface area (Å²) in [5.74, 6) is 0. The van der Waals surface area contributed by atoms with Gasteiger partial charge in [-0.15, -0.1) is 0 Å². The van der Waals surface area contributed by atoms with Gasteiger partial charge < -0.3 is 0 Å². The topological polar surface area (TPSA) is 12.9 Å². The van der Waals surface area contributed by atoms with Gasteiger partial charge in [0.1, 0.15) is 0 Å². The molecule has 3 aromatic rings. The van der Waals surface area contributed by atoms with Crippen LogP contribution in [0.1, 0.15) is 16.8 Å². The van der Waals surface area contributed by atoms with Crippen LogP contribution >= 0.6 is 0 Å². The molecule has 108 valence electrons. The molecule has 0 spiro atoms. The molecule has 1 aromatic heterocycles. The molecule has 4 heteroatoms. The Morgan fingerprint density at radius 1 is 1.00 bits per heavy atom. The van der Waals surface area contributed by atoms with Crippen LogP contribution in [-0.2, 0) is 0 Å². The number of rotatable bonds is 3. The van der Waals surface area contributed by atoms with Crippen molar-refractivity contribution in [2.24, 2.45) is 0 Å². The van der Waals surface area contributed by atoms with Crippen LogP contribution in [0.3, 0.4) is 0 Å². The van der Waals surface area contributed by atoms with Gasteiger partial charge in [-0.2, -0.15) is 0 Å².